The van der Waals surface area contributed by atoms with Crippen LogP contribution in [-0.2, 0) is 0 Å². The van der Waals surface area contributed by atoms with Gasteiger partial charge in [0.15, 0.2) is 0 Å². The first-order valence-electron chi connectivity index (χ1n) is 8.26. The van der Waals surface area contributed by atoms with E-state index in [0.717, 1.165) is 16.5 Å². The molecule has 3 aromatic rings. The van der Waals surface area contributed by atoms with Crippen LogP contribution in [0.4, 0.5) is 0 Å². The zero-order chi connectivity index (χ0) is 16.7. The van der Waals surface area contributed by atoms with Gasteiger partial charge in [-0.15, -0.1) is 0 Å². The number of nitrogens with two attached hydrogens (primary N) is 1. The molecule has 120 valence electrons. The molecular formula is C19H19N5. The molecule has 2 N–H and O–H groups in total. The third kappa shape index (κ3) is 2.55. The van der Waals surface area contributed by atoms with Crippen LogP contribution in [0.2, 0.25) is 0 Å². The second-order valence-corrected chi connectivity index (χ2v) is 6.57. The van der Waals surface area contributed by atoms with E-state index in [-0.39, 0.29) is 12.1 Å². The van der Waals surface area contributed by atoms with Crippen molar-refractivity contribution in [1.82, 2.24) is 14.8 Å². The van der Waals surface area contributed by atoms with Crippen LogP contribution in [0.5, 0.6) is 0 Å². The largest absolute Gasteiger partial charge is 0.326 e. The van der Waals surface area contributed by atoms with Crippen LogP contribution in [0.1, 0.15) is 48.5 Å². The van der Waals surface area contributed by atoms with Gasteiger partial charge in [-0.25, -0.2) is 0 Å². The Labute approximate surface area is 140 Å². The van der Waals surface area contributed by atoms with Crippen LogP contribution >= 0.6 is 0 Å². The van der Waals surface area contributed by atoms with Crippen molar-refractivity contribution in [3.8, 4) is 6.07 Å². The van der Waals surface area contributed by atoms with Crippen LogP contribution < -0.4 is 5.73 Å². The fourth-order valence-electron chi connectivity index (χ4n) is 3.22. The van der Waals surface area contributed by atoms with Gasteiger partial charge in [-0.1, -0.05) is 6.07 Å². The topological polar surface area (TPSA) is 80.5 Å². The summed E-state index contributed by atoms with van der Waals surface area (Å²) < 4.78 is 1.94. The van der Waals surface area contributed by atoms with Crippen molar-refractivity contribution in [2.24, 2.45) is 5.73 Å². The van der Waals surface area contributed by atoms with Gasteiger partial charge >= 0.3 is 0 Å². The molecule has 0 saturated heterocycles. The van der Waals surface area contributed by atoms with E-state index in [1.807, 2.05) is 36.0 Å². The zero-order valence-corrected chi connectivity index (χ0v) is 13.6. The third-order valence-electron chi connectivity index (χ3n) is 4.63. The molecule has 5 heteroatoms. The van der Waals surface area contributed by atoms with Crippen LogP contribution in [0.25, 0.3) is 10.9 Å². The molecule has 1 saturated carbocycles. The maximum Gasteiger partial charge on any atom is 0.0991 e. The lowest BCUT2D eigenvalue weighted by molar-refractivity contribution is 0.465. The van der Waals surface area contributed by atoms with E-state index in [4.69, 9.17) is 11.0 Å². The number of fused-ring (bicyclic) bond motifs is 1. The Morgan fingerprint density at radius 1 is 1.25 bits per heavy atom. The highest BCUT2D eigenvalue weighted by Gasteiger charge is 2.26. The molecule has 0 radical (unpaired) electrons. The van der Waals surface area contributed by atoms with Gasteiger partial charge in [0, 0.05) is 29.2 Å². The van der Waals surface area contributed by atoms with E-state index in [2.05, 4.69) is 28.3 Å². The fourth-order valence-corrected chi connectivity index (χ4v) is 3.22. The molecule has 4 rings (SSSR count). The summed E-state index contributed by atoms with van der Waals surface area (Å²) in [6, 6.07) is 11.8. The van der Waals surface area contributed by atoms with Gasteiger partial charge in [0.05, 0.1) is 29.4 Å². The number of aromatic nitrogens is 3. The zero-order valence-electron chi connectivity index (χ0n) is 13.6. The van der Waals surface area contributed by atoms with Crippen molar-refractivity contribution < 1.29 is 0 Å². The Morgan fingerprint density at radius 2 is 2.08 bits per heavy atom. The van der Waals surface area contributed by atoms with Crippen LogP contribution in [-0.4, -0.2) is 20.8 Å². The molecule has 0 spiro atoms. The maximum absolute atomic E-state index is 9.05. The molecule has 1 aliphatic carbocycles. The first kappa shape index (κ1) is 14.9. The molecule has 2 heterocycles. The summed E-state index contributed by atoms with van der Waals surface area (Å²) in [6.07, 6.45) is 6.21. The normalized spacial score (nSPS) is 16.7. The van der Waals surface area contributed by atoms with Gasteiger partial charge in [-0.05, 0) is 49.6 Å². The Bertz CT molecular complexity index is 913. The molecule has 2 atom stereocenters. The van der Waals surface area contributed by atoms with Crippen molar-refractivity contribution in [2.45, 2.75) is 37.8 Å². The summed E-state index contributed by atoms with van der Waals surface area (Å²) in [5, 5.41) is 14.5. The predicted molar refractivity (Wildman–Crippen MR) is 92.4 cm³/mol. The molecule has 5 nitrogen and oxygen atoms in total. The first-order chi connectivity index (χ1) is 11.7. The van der Waals surface area contributed by atoms with E-state index in [1.165, 1.54) is 18.5 Å². The van der Waals surface area contributed by atoms with Crippen molar-refractivity contribution in [3.05, 3.63) is 59.5 Å². The molecule has 2 unspecified atom stereocenters. The second kappa shape index (κ2) is 5.73. The molecule has 1 fully saturated rings. The van der Waals surface area contributed by atoms with Crippen LogP contribution in [0.3, 0.4) is 0 Å². The van der Waals surface area contributed by atoms with Gasteiger partial charge in [0.25, 0.3) is 0 Å². The van der Waals surface area contributed by atoms with Gasteiger partial charge in [0.1, 0.15) is 0 Å². The van der Waals surface area contributed by atoms with E-state index in [9.17, 15) is 0 Å². The Hall–Kier alpha value is -2.71. The van der Waals surface area contributed by atoms with Crippen LogP contribution in [0, 0.1) is 11.3 Å². The van der Waals surface area contributed by atoms with Gasteiger partial charge in [0.2, 0.25) is 0 Å². The van der Waals surface area contributed by atoms with E-state index < -0.39 is 0 Å². The molecule has 0 amide bonds. The number of rotatable bonds is 4. The van der Waals surface area contributed by atoms with E-state index in [1.54, 1.807) is 6.20 Å². The maximum atomic E-state index is 9.05. The predicted octanol–water partition coefficient (Wildman–Crippen LogP) is 3.12. The number of hydrogen-bond donors (Lipinski definition) is 1. The molecule has 1 aliphatic rings. The summed E-state index contributed by atoms with van der Waals surface area (Å²) in [6.45, 7) is 1.98. The Balaban J connectivity index is 1.76. The lowest BCUT2D eigenvalue weighted by Crippen LogP contribution is -2.31. The highest BCUT2D eigenvalue weighted by Crippen LogP contribution is 2.39. The lowest BCUT2D eigenvalue weighted by Gasteiger charge is -2.22. The SMILES string of the molecule is CC(N)C(c1ccc(C2CC2)nc1)n1ncc2cc(C#N)ccc21. The average molecular weight is 317 g/mol. The van der Waals surface area contributed by atoms with Crippen molar-refractivity contribution >= 4 is 10.9 Å². The second-order valence-electron chi connectivity index (χ2n) is 6.57. The summed E-state index contributed by atoms with van der Waals surface area (Å²) >= 11 is 0. The van der Waals surface area contributed by atoms with Gasteiger partial charge in [-0.2, -0.15) is 10.4 Å². The van der Waals surface area contributed by atoms with Gasteiger partial charge in [-0.3, -0.25) is 9.67 Å². The highest BCUT2D eigenvalue weighted by molar-refractivity contribution is 5.80. The molecule has 24 heavy (non-hydrogen) atoms. The number of hydrogen-bond acceptors (Lipinski definition) is 4. The first-order valence-corrected chi connectivity index (χ1v) is 8.26. The molecule has 0 bridgehead atoms. The minimum absolute atomic E-state index is 0.0869. The smallest absolute Gasteiger partial charge is 0.0991 e. The number of nitrogens with zero attached hydrogens (tertiary/aromatic N) is 4. The third-order valence-corrected chi connectivity index (χ3v) is 4.63. The Kier molecular flexibility index (Phi) is 3.55. The number of nitriles is 1. The van der Waals surface area contributed by atoms with Gasteiger partial charge < -0.3 is 5.73 Å². The monoisotopic (exact) mass is 317 g/mol. The summed E-state index contributed by atoms with van der Waals surface area (Å²) in [7, 11) is 0. The molecule has 1 aromatic carbocycles. The number of benzene rings is 1. The van der Waals surface area contributed by atoms with Crippen molar-refractivity contribution in [1.29, 1.82) is 5.26 Å². The quantitative estimate of drug-likeness (QED) is 0.801. The average Bonchev–Trinajstić information content (AvgIpc) is 3.37. The summed E-state index contributed by atoms with van der Waals surface area (Å²) in [5.74, 6) is 0.641. The fraction of sp³-hybridized carbons (Fsp3) is 0.316. The van der Waals surface area contributed by atoms with E-state index in [0.29, 0.717) is 11.5 Å². The Morgan fingerprint density at radius 3 is 2.71 bits per heavy atom. The van der Waals surface area contributed by atoms with Crippen LogP contribution in [0.15, 0.2) is 42.7 Å². The summed E-state index contributed by atoms with van der Waals surface area (Å²) in [5.41, 5.74) is 10.1. The van der Waals surface area contributed by atoms with E-state index >= 15 is 0 Å². The minimum atomic E-state index is -0.114. The van der Waals surface area contributed by atoms with Crippen molar-refractivity contribution in [3.63, 3.8) is 0 Å². The minimum Gasteiger partial charge on any atom is -0.326 e. The number of pyridine rings is 1. The molecule has 2 aromatic heterocycles. The highest BCUT2D eigenvalue weighted by atomic mass is 15.3. The molecule has 0 aliphatic heterocycles. The standard InChI is InChI=1S/C19H19N5/c1-12(21)19(15-5-6-17(22-10-15)14-3-4-14)24-18-7-2-13(9-20)8-16(18)11-23-24/h2,5-8,10-12,14,19H,3-4,21H2,1H3. The molecular weight excluding hydrogens is 298 g/mol. The van der Waals surface area contributed by atoms with Crippen molar-refractivity contribution in [2.75, 3.05) is 0 Å². The lowest BCUT2D eigenvalue weighted by atomic mass is 10.0. The summed E-state index contributed by atoms with van der Waals surface area (Å²) in [4.78, 5) is 4.62.